The number of benzene rings is 2. The molecule has 0 aliphatic heterocycles. The minimum atomic E-state index is -2.38. The lowest BCUT2D eigenvalue weighted by Crippen LogP contribution is -1.97. The molecule has 0 fully saturated rings. The quantitative estimate of drug-likeness (QED) is 0.692. The number of rotatable bonds is 8. The maximum absolute atomic E-state index is 11.6. The zero-order valence-electron chi connectivity index (χ0n) is 11.3. The van der Waals surface area contributed by atoms with Gasteiger partial charge in [-0.3, -0.25) is 4.57 Å². The molecule has 0 heterocycles. The Hall–Kier alpha value is -1.41. The average Bonchev–Trinajstić information content (AvgIpc) is 2.49. The first-order valence-corrected chi connectivity index (χ1v) is 7.94. The van der Waals surface area contributed by atoms with Crippen LogP contribution in [0.1, 0.15) is 11.1 Å². The fourth-order valence-corrected chi connectivity index (χ4v) is 2.46. The molecular weight excluding hydrogens is 271 g/mol. The van der Waals surface area contributed by atoms with E-state index >= 15 is 0 Å². The van der Waals surface area contributed by atoms with E-state index in [1.54, 1.807) is 0 Å². The van der Waals surface area contributed by atoms with Crippen molar-refractivity contribution in [2.24, 2.45) is 0 Å². The molecule has 0 aromatic heterocycles. The molecule has 0 saturated carbocycles. The zero-order valence-corrected chi connectivity index (χ0v) is 12.3. The fraction of sp³-hybridized carbons (Fsp3) is 0.250. The molecule has 0 bridgehead atoms. The van der Waals surface area contributed by atoms with Gasteiger partial charge in [0.1, 0.15) is 0 Å². The largest absolute Gasteiger partial charge is 0.319 e. The van der Waals surface area contributed by atoms with Crippen LogP contribution in [0.4, 0.5) is 0 Å². The van der Waals surface area contributed by atoms with Crippen molar-refractivity contribution < 1.29 is 13.6 Å². The minimum absolute atomic E-state index is 0.424. The third-order valence-electron chi connectivity index (χ3n) is 2.91. The maximum atomic E-state index is 11.6. The molecule has 0 aliphatic rings. The van der Waals surface area contributed by atoms with E-state index in [1.807, 2.05) is 60.7 Å². The fourth-order valence-electron chi connectivity index (χ4n) is 1.84. The Morgan fingerprint density at radius 3 is 1.50 bits per heavy atom. The Morgan fingerprint density at radius 2 is 1.10 bits per heavy atom. The summed E-state index contributed by atoms with van der Waals surface area (Å²) in [4.78, 5) is 0. The van der Waals surface area contributed by atoms with Crippen LogP contribution in [0.15, 0.2) is 60.7 Å². The Morgan fingerprint density at radius 1 is 0.700 bits per heavy atom. The molecule has 0 aliphatic carbocycles. The topological polar surface area (TPSA) is 35.5 Å². The van der Waals surface area contributed by atoms with Gasteiger partial charge in [0.2, 0.25) is 0 Å². The van der Waals surface area contributed by atoms with Gasteiger partial charge in [0.15, 0.2) is 0 Å². The van der Waals surface area contributed by atoms with Gasteiger partial charge in [-0.25, -0.2) is 0 Å². The van der Waals surface area contributed by atoms with Crippen molar-refractivity contribution in [2.75, 3.05) is 13.2 Å². The van der Waals surface area contributed by atoms with Gasteiger partial charge in [-0.15, -0.1) is 0 Å². The highest BCUT2D eigenvalue weighted by molar-refractivity contribution is 7.33. The van der Waals surface area contributed by atoms with Gasteiger partial charge in [-0.05, 0) is 24.0 Å². The number of hydrogen-bond donors (Lipinski definition) is 0. The van der Waals surface area contributed by atoms with Gasteiger partial charge in [0.05, 0.1) is 13.2 Å². The summed E-state index contributed by atoms with van der Waals surface area (Å²) in [5.74, 6) is 0. The summed E-state index contributed by atoms with van der Waals surface area (Å²) >= 11 is 0. The van der Waals surface area contributed by atoms with E-state index in [0.29, 0.717) is 13.2 Å². The molecule has 0 atom stereocenters. The van der Waals surface area contributed by atoms with Gasteiger partial charge in [-0.2, -0.15) is 0 Å². The molecule has 4 heteroatoms. The van der Waals surface area contributed by atoms with Gasteiger partial charge >= 0.3 is 8.25 Å². The Balaban J connectivity index is 1.59. The van der Waals surface area contributed by atoms with Gasteiger partial charge in [-0.1, -0.05) is 60.7 Å². The van der Waals surface area contributed by atoms with Crippen molar-refractivity contribution in [3.63, 3.8) is 0 Å². The van der Waals surface area contributed by atoms with Crippen molar-refractivity contribution >= 4 is 8.25 Å². The molecule has 0 amide bonds. The van der Waals surface area contributed by atoms with Crippen molar-refractivity contribution in [1.29, 1.82) is 0 Å². The molecule has 20 heavy (non-hydrogen) atoms. The molecule has 3 nitrogen and oxygen atoms in total. The van der Waals surface area contributed by atoms with E-state index in [4.69, 9.17) is 9.05 Å². The second kappa shape index (κ2) is 8.70. The summed E-state index contributed by atoms with van der Waals surface area (Å²) in [7, 11) is -2.38. The molecule has 0 unspecified atom stereocenters. The lowest BCUT2D eigenvalue weighted by atomic mass is 10.2. The molecule has 0 N–H and O–H groups in total. The first-order chi connectivity index (χ1) is 9.84. The molecular formula is C16H19O3P. The van der Waals surface area contributed by atoms with Gasteiger partial charge in [0.25, 0.3) is 0 Å². The highest BCUT2D eigenvalue weighted by atomic mass is 31.1. The van der Waals surface area contributed by atoms with E-state index < -0.39 is 8.25 Å². The van der Waals surface area contributed by atoms with Crippen LogP contribution < -0.4 is 0 Å². The van der Waals surface area contributed by atoms with Gasteiger partial charge < -0.3 is 9.05 Å². The zero-order chi connectivity index (χ0) is 14.0. The Kier molecular flexibility index (Phi) is 6.52. The summed E-state index contributed by atoms with van der Waals surface area (Å²) in [6.45, 7) is 0.848. The van der Waals surface area contributed by atoms with Crippen LogP contribution in [0.2, 0.25) is 0 Å². The van der Waals surface area contributed by atoms with Crippen LogP contribution >= 0.6 is 8.25 Å². The summed E-state index contributed by atoms with van der Waals surface area (Å²) < 4.78 is 22.0. The standard InChI is InChI=1S/C16H19O3P/c17-20(18-13-11-15-7-3-1-4-8-15)19-14-12-16-9-5-2-6-10-16/h1-10,20H,11-14H2. The predicted molar refractivity (Wildman–Crippen MR) is 81.2 cm³/mol. The van der Waals surface area contributed by atoms with Crippen molar-refractivity contribution in [2.45, 2.75) is 12.8 Å². The summed E-state index contributed by atoms with van der Waals surface area (Å²) in [5.41, 5.74) is 2.35. The lowest BCUT2D eigenvalue weighted by Gasteiger charge is -2.06. The average molecular weight is 290 g/mol. The van der Waals surface area contributed by atoms with E-state index in [1.165, 1.54) is 11.1 Å². The molecule has 2 rings (SSSR count). The second-order valence-corrected chi connectivity index (χ2v) is 5.50. The SMILES string of the molecule is O=[PH](OCCc1ccccc1)OCCc1ccccc1. The molecule has 0 radical (unpaired) electrons. The van der Waals surface area contributed by atoms with Crippen LogP contribution in [0.3, 0.4) is 0 Å². The molecule has 2 aromatic carbocycles. The van der Waals surface area contributed by atoms with Gasteiger partial charge in [0, 0.05) is 0 Å². The summed E-state index contributed by atoms with van der Waals surface area (Å²) in [6, 6.07) is 20.0. The molecule has 106 valence electrons. The van der Waals surface area contributed by atoms with Crippen LogP contribution in [0.25, 0.3) is 0 Å². The first kappa shape index (κ1) is 15.0. The van der Waals surface area contributed by atoms with E-state index in [9.17, 15) is 4.57 Å². The third-order valence-corrected chi connectivity index (χ3v) is 3.79. The second-order valence-electron chi connectivity index (χ2n) is 4.42. The number of hydrogen-bond acceptors (Lipinski definition) is 3. The minimum Gasteiger partial charge on any atom is -0.310 e. The molecule has 0 saturated heterocycles. The molecule has 0 spiro atoms. The van der Waals surface area contributed by atoms with Crippen LogP contribution in [0.5, 0.6) is 0 Å². The van der Waals surface area contributed by atoms with E-state index in [0.717, 1.165) is 12.8 Å². The lowest BCUT2D eigenvalue weighted by molar-refractivity contribution is 0.229. The smallest absolute Gasteiger partial charge is 0.310 e. The summed E-state index contributed by atoms with van der Waals surface area (Å²) in [5, 5.41) is 0. The van der Waals surface area contributed by atoms with Crippen molar-refractivity contribution in [1.82, 2.24) is 0 Å². The van der Waals surface area contributed by atoms with Crippen LogP contribution in [-0.2, 0) is 26.5 Å². The van der Waals surface area contributed by atoms with Crippen LogP contribution in [-0.4, -0.2) is 13.2 Å². The predicted octanol–water partition coefficient (Wildman–Crippen LogP) is 3.89. The highest BCUT2D eigenvalue weighted by Crippen LogP contribution is 2.24. The first-order valence-electron chi connectivity index (χ1n) is 6.72. The van der Waals surface area contributed by atoms with Crippen LogP contribution in [0, 0.1) is 0 Å². The van der Waals surface area contributed by atoms with E-state index in [-0.39, 0.29) is 0 Å². The summed E-state index contributed by atoms with van der Waals surface area (Å²) in [6.07, 6.45) is 1.50. The normalized spacial score (nSPS) is 10.8. The third kappa shape index (κ3) is 5.70. The Bertz CT molecular complexity index is 466. The molecule has 2 aromatic rings. The Labute approximate surface area is 120 Å². The monoisotopic (exact) mass is 290 g/mol. The highest BCUT2D eigenvalue weighted by Gasteiger charge is 2.01. The van der Waals surface area contributed by atoms with Crippen molar-refractivity contribution in [3.8, 4) is 0 Å². The maximum Gasteiger partial charge on any atom is 0.319 e. The van der Waals surface area contributed by atoms with E-state index in [2.05, 4.69) is 0 Å². The van der Waals surface area contributed by atoms with Crippen molar-refractivity contribution in [3.05, 3.63) is 71.8 Å².